The van der Waals surface area contributed by atoms with Gasteiger partial charge in [0, 0.05) is 19.1 Å². The molecule has 0 bridgehead atoms. The first-order valence-corrected chi connectivity index (χ1v) is 6.25. The lowest BCUT2D eigenvalue weighted by Crippen LogP contribution is -2.34. The van der Waals surface area contributed by atoms with E-state index in [-0.39, 0.29) is 0 Å². The summed E-state index contributed by atoms with van der Waals surface area (Å²) in [5, 5.41) is 3.43. The molecule has 1 rings (SSSR count). The number of nitrogens with one attached hydrogen (secondary N) is 1. The van der Waals surface area contributed by atoms with Crippen molar-refractivity contribution in [3.63, 3.8) is 0 Å². The zero-order valence-electron chi connectivity index (χ0n) is 11.2. The highest BCUT2D eigenvalue weighted by molar-refractivity contribution is 5.19. The Balaban J connectivity index is 2.76. The van der Waals surface area contributed by atoms with E-state index in [9.17, 15) is 0 Å². The Bertz CT molecular complexity index is 332. The van der Waals surface area contributed by atoms with Gasteiger partial charge in [-0.1, -0.05) is 49.4 Å². The number of rotatable bonds is 7. The maximum atomic E-state index is 3.99. The summed E-state index contributed by atoms with van der Waals surface area (Å²) in [7, 11) is 2.16. The lowest BCUT2D eigenvalue weighted by atomic mass is 10.1. The van der Waals surface area contributed by atoms with Gasteiger partial charge >= 0.3 is 0 Å². The topological polar surface area (TPSA) is 15.3 Å². The van der Waals surface area contributed by atoms with Crippen molar-refractivity contribution >= 4 is 0 Å². The molecule has 1 atom stereocenters. The van der Waals surface area contributed by atoms with Crippen molar-refractivity contribution in [2.75, 3.05) is 26.7 Å². The molecule has 0 amide bonds. The van der Waals surface area contributed by atoms with Crippen LogP contribution >= 0.6 is 0 Å². The van der Waals surface area contributed by atoms with Crippen molar-refractivity contribution in [2.45, 2.75) is 19.9 Å². The fraction of sp³-hybridized carbons (Fsp3) is 0.467. The highest BCUT2D eigenvalue weighted by atomic mass is 15.1. The van der Waals surface area contributed by atoms with Crippen LogP contribution in [0.2, 0.25) is 0 Å². The third-order valence-corrected chi connectivity index (χ3v) is 2.82. The minimum Gasteiger partial charge on any atom is -0.315 e. The zero-order valence-corrected chi connectivity index (χ0v) is 11.2. The van der Waals surface area contributed by atoms with Gasteiger partial charge in [-0.25, -0.2) is 0 Å². The first-order valence-electron chi connectivity index (χ1n) is 6.25. The average Bonchev–Trinajstić information content (AvgIpc) is 2.30. The fourth-order valence-corrected chi connectivity index (χ4v) is 2.02. The van der Waals surface area contributed by atoms with Gasteiger partial charge in [-0.3, -0.25) is 4.90 Å². The zero-order chi connectivity index (χ0) is 12.7. The van der Waals surface area contributed by atoms with Gasteiger partial charge < -0.3 is 5.32 Å². The molecule has 1 aromatic carbocycles. The van der Waals surface area contributed by atoms with Gasteiger partial charge in [0.15, 0.2) is 0 Å². The lowest BCUT2D eigenvalue weighted by molar-refractivity contribution is 0.258. The van der Waals surface area contributed by atoms with Crippen LogP contribution in [0, 0.1) is 0 Å². The van der Waals surface area contributed by atoms with Gasteiger partial charge in [0.2, 0.25) is 0 Å². The SMILES string of the molecule is C=C(C)CN(C)C(CNCC)c1ccccc1. The van der Waals surface area contributed by atoms with Gasteiger partial charge in [-0.2, -0.15) is 0 Å². The number of hydrogen-bond donors (Lipinski definition) is 1. The maximum absolute atomic E-state index is 3.99. The molecule has 94 valence electrons. The van der Waals surface area contributed by atoms with Crippen LogP contribution in [-0.2, 0) is 0 Å². The van der Waals surface area contributed by atoms with E-state index in [2.05, 4.69) is 68.0 Å². The first-order chi connectivity index (χ1) is 8.15. The molecule has 0 aromatic heterocycles. The van der Waals surface area contributed by atoms with E-state index in [1.165, 1.54) is 11.1 Å². The van der Waals surface area contributed by atoms with Crippen LogP contribution in [0.1, 0.15) is 25.5 Å². The molecule has 1 N–H and O–H groups in total. The van der Waals surface area contributed by atoms with Gasteiger partial charge in [0.1, 0.15) is 0 Å². The summed E-state index contributed by atoms with van der Waals surface area (Å²) in [4.78, 5) is 2.35. The molecule has 1 unspecified atom stereocenters. The molecular weight excluding hydrogens is 208 g/mol. The van der Waals surface area contributed by atoms with E-state index < -0.39 is 0 Å². The minimum absolute atomic E-state index is 0.410. The van der Waals surface area contributed by atoms with Crippen molar-refractivity contribution in [1.29, 1.82) is 0 Å². The van der Waals surface area contributed by atoms with Crippen LogP contribution in [0.15, 0.2) is 42.5 Å². The molecule has 0 heterocycles. The predicted molar refractivity (Wildman–Crippen MR) is 75.2 cm³/mol. The van der Waals surface area contributed by atoms with E-state index in [1.807, 2.05) is 0 Å². The molecule has 0 saturated carbocycles. The Morgan fingerprint density at radius 3 is 2.53 bits per heavy atom. The quantitative estimate of drug-likeness (QED) is 0.727. The van der Waals surface area contributed by atoms with Crippen molar-refractivity contribution in [3.05, 3.63) is 48.0 Å². The summed E-state index contributed by atoms with van der Waals surface area (Å²) in [5.41, 5.74) is 2.56. The summed E-state index contributed by atoms with van der Waals surface area (Å²) in [5.74, 6) is 0. The second kappa shape index (κ2) is 7.25. The molecule has 2 heteroatoms. The van der Waals surface area contributed by atoms with Gasteiger partial charge in [-0.05, 0) is 26.1 Å². The van der Waals surface area contributed by atoms with Gasteiger partial charge in [0.05, 0.1) is 0 Å². The van der Waals surface area contributed by atoms with Crippen LogP contribution in [0.4, 0.5) is 0 Å². The van der Waals surface area contributed by atoms with Crippen molar-refractivity contribution in [3.8, 4) is 0 Å². The summed E-state index contributed by atoms with van der Waals surface area (Å²) in [6, 6.07) is 11.1. The molecule has 17 heavy (non-hydrogen) atoms. The van der Waals surface area contributed by atoms with E-state index in [0.717, 1.165) is 19.6 Å². The summed E-state index contributed by atoms with van der Waals surface area (Å²) >= 11 is 0. The molecule has 2 nitrogen and oxygen atoms in total. The highest BCUT2D eigenvalue weighted by Gasteiger charge is 2.15. The lowest BCUT2D eigenvalue weighted by Gasteiger charge is -2.29. The van der Waals surface area contributed by atoms with Crippen LogP contribution in [0.3, 0.4) is 0 Å². The smallest absolute Gasteiger partial charge is 0.0473 e. The van der Waals surface area contributed by atoms with E-state index in [1.54, 1.807) is 0 Å². The average molecular weight is 232 g/mol. The molecule has 0 aliphatic rings. The van der Waals surface area contributed by atoms with Gasteiger partial charge in [-0.15, -0.1) is 0 Å². The minimum atomic E-state index is 0.410. The first kappa shape index (κ1) is 13.9. The predicted octanol–water partition coefficient (Wildman–Crippen LogP) is 2.85. The van der Waals surface area contributed by atoms with E-state index in [4.69, 9.17) is 0 Å². The van der Waals surface area contributed by atoms with Crippen LogP contribution in [-0.4, -0.2) is 31.6 Å². The fourth-order valence-electron chi connectivity index (χ4n) is 2.02. The molecule has 0 aliphatic carbocycles. The maximum Gasteiger partial charge on any atom is 0.0473 e. The summed E-state index contributed by atoms with van der Waals surface area (Å²) in [6.07, 6.45) is 0. The van der Waals surface area contributed by atoms with E-state index in [0.29, 0.717) is 6.04 Å². The van der Waals surface area contributed by atoms with Crippen molar-refractivity contribution in [1.82, 2.24) is 10.2 Å². The highest BCUT2D eigenvalue weighted by Crippen LogP contribution is 2.19. The van der Waals surface area contributed by atoms with E-state index >= 15 is 0 Å². The normalized spacial score (nSPS) is 12.7. The van der Waals surface area contributed by atoms with Crippen LogP contribution in [0.25, 0.3) is 0 Å². The number of hydrogen-bond acceptors (Lipinski definition) is 2. The Morgan fingerprint density at radius 2 is 2.00 bits per heavy atom. The molecule has 0 aliphatic heterocycles. The molecule has 0 fully saturated rings. The molecule has 1 aromatic rings. The number of benzene rings is 1. The molecule has 0 saturated heterocycles. The van der Waals surface area contributed by atoms with Crippen LogP contribution in [0.5, 0.6) is 0 Å². The van der Waals surface area contributed by atoms with Crippen LogP contribution < -0.4 is 5.32 Å². The Morgan fingerprint density at radius 1 is 1.35 bits per heavy atom. The van der Waals surface area contributed by atoms with Crippen molar-refractivity contribution in [2.24, 2.45) is 0 Å². The Kier molecular flexibility index (Phi) is 5.95. The second-order valence-corrected chi connectivity index (χ2v) is 4.61. The molecule has 0 radical (unpaired) electrons. The largest absolute Gasteiger partial charge is 0.315 e. The standard InChI is InChI=1S/C15H24N2/c1-5-16-11-15(17(4)12-13(2)3)14-9-7-6-8-10-14/h6-10,15-16H,2,5,11-12H2,1,3-4H3. The Hall–Kier alpha value is -1.12. The number of likely N-dealkylation sites (N-methyl/N-ethyl adjacent to an activating group) is 2. The Labute approximate surface area is 105 Å². The number of nitrogens with zero attached hydrogens (tertiary/aromatic N) is 1. The molecular formula is C15H24N2. The third-order valence-electron chi connectivity index (χ3n) is 2.82. The third kappa shape index (κ3) is 4.72. The van der Waals surface area contributed by atoms with Gasteiger partial charge in [0.25, 0.3) is 0 Å². The second-order valence-electron chi connectivity index (χ2n) is 4.61. The summed E-state index contributed by atoms with van der Waals surface area (Å²) < 4.78 is 0. The van der Waals surface area contributed by atoms with Crippen molar-refractivity contribution < 1.29 is 0 Å². The monoisotopic (exact) mass is 232 g/mol. The molecule has 0 spiro atoms. The summed E-state index contributed by atoms with van der Waals surface area (Å²) in [6.45, 7) is 11.1.